The first-order valence-electron chi connectivity index (χ1n) is 9.98. The molecule has 2 aliphatic rings. The lowest BCUT2D eigenvalue weighted by Crippen LogP contribution is -2.43. The molecular weight excluding hydrogens is 340 g/mol. The quantitative estimate of drug-likeness (QED) is 0.869. The van der Waals surface area contributed by atoms with Crippen molar-refractivity contribution in [2.24, 2.45) is 13.0 Å². The van der Waals surface area contributed by atoms with Gasteiger partial charge in [0.2, 0.25) is 0 Å². The molecule has 2 heterocycles. The first-order chi connectivity index (χ1) is 13.1. The minimum atomic E-state index is 0.0616. The summed E-state index contributed by atoms with van der Waals surface area (Å²) < 4.78 is 7.28. The summed E-state index contributed by atoms with van der Waals surface area (Å²) in [6.07, 6.45) is 6.40. The minimum absolute atomic E-state index is 0.0616. The highest BCUT2D eigenvalue weighted by Gasteiger charge is 2.37. The van der Waals surface area contributed by atoms with Crippen molar-refractivity contribution >= 4 is 16.8 Å². The van der Waals surface area contributed by atoms with Crippen molar-refractivity contribution < 1.29 is 9.53 Å². The largest absolute Gasteiger partial charge is 0.497 e. The van der Waals surface area contributed by atoms with Crippen molar-refractivity contribution in [1.82, 2.24) is 20.3 Å². The van der Waals surface area contributed by atoms with E-state index < -0.39 is 0 Å². The van der Waals surface area contributed by atoms with Gasteiger partial charge in [0.25, 0.3) is 5.91 Å². The lowest BCUT2D eigenvalue weighted by Gasteiger charge is -2.26. The maximum Gasteiger partial charge on any atom is 0.270 e. The van der Waals surface area contributed by atoms with Crippen LogP contribution in [-0.4, -0.2) is 48.2 Å². The summed E-state index contributed by atoms with van der Waals surface area (Å²) in [4.78, 5) is 15.0. The fraction of sp³-hybridized carbons (Fsp3) is 0.571. The summed E-state index contributed by atoms with van der Waals surface area (Å²) in [6, 6.07) is 8.74. The Morgan fingerprint density at radius 1 is 1.22 bits per heavy atom. The van der Waals surface area contributed by atoms with Crippen LogP contribution in [0.15, 0.2) is 24.3 Å². The second-order valence-corrected chi connectivity index (χ2v) is 8.00. The van der Waals surface area contributed by atoms with E-state index in [2.05, 4.69) is 10.9 Å². The van der Waals surface area contributed by atoms with E-state index >= 15 is 0 Å². The van der Waals surface area contributed by atoms with Crippen LogP contribution in [0.25, 0.3) is 10.9 Å². The van der Waals surface area contributed by atoms with Crippen LogP contribution in [0.3, 0.4) is 0 Å². The molecule has 1 saturated heterocycles. The Hall–Kier alpha value is -2.05. The molecule has 1 aromatic heterocycles. The Balaban J connectivity index is 1.50. The molecule has 3 unspecified atom stereocenters. The molecule has 27 heavy (non-hydrogen) atoms. The zero-order valence-corrected chi connectivity index (χ0v) is 16.5. The smallest absolute Gasteiger partial charge is 0.270 e. The fourth-order valence-corrected chi connectivity index (χ4v) is 4.73. The van der Waals surface area contributed by atoms with Gasteiger partial charge < -0.3 is 14.2 Å². The molecule has 0 bridgehead atoms. The van der Waals surface area contributed by atoms with Crippen LogP contribution in [0.2, 0.25) is 0 Å². The van der Waals surface area contributed by atoms with Crippen LogP contribution in [0, 0.1) is 5.92 Å². The lowest BCUT2D eigenvalue weighted by atomic mass is 9.90. The van der Waals surface area contributed by atoms with Gasteiger partial charge in [-0.2, -0.15) is 0 Å². The van der Waals surface area contributed by atoms with E-state index in [1.165, 1.54) is 32.1 Å². The van der Waals surface area contributed by atoms with Gasteiger partial charge in [0.05, 0.1) is 7.11 Å². The van der Waals surface area contributed by atoms with Gasteiger partial charge in [-0.25, -0.2) is 0 Å². The Morgan fingerprint density at radius 2 is 2.04 bits per heavy atom. The third kappa shape index (κ3) is 3.44. The fourth-order valence-electron chi connectivity index (χ4n) is 4.73. The van der Waals surface area contributed by atoms with E-state index in [1.807, 2.05) is 47.8 Å². The number of fused-ring (bicyclic) bond motifs is 2. The Morgan fingerprint density at radius 3 is 2.85 bits per heavy atom. The van der Waals surface area contributed by atoms with E-state index in [4.69, 9.17) is 4.74 Å². The number of aromatic nitrogens is 1. The molecule has 1 amide bonds. The van der Waals surface area contributed by atoms with Crippen molar-refractivity contribution in [3.05, 3.63) is 30.0 Å². The maximum absolute atomic E-state index is 13.1. The third-order valence-electron chi connectivity index (χ3n) is 6.33. The third-order valence-corrected chi connectivity index (χ3v) is 6.33. The molecule has 1 saturated carbocycles. The van der Waals surface area contributed by atoms with E-state index in [1.54, 1.807) is 7.11 Å². The van der Waals surface area contributed by atoms with Gasteiger partial charge in [-0.15, -0.1) is 0 Å². The predicted octanol–water partition coefficient (Wildman–Crippen LogP) is 2.68. The molecule has 4 rings (SSSR count). The van der Waals surface area contributed by atoms with Gasteiger partial charge in [0, 0.05) is 43.6 Å². The number of benzene rings is 1. The number of aryl methyl sites for hydroxylation is 1. The number of carbonyl (C=O) groups excluding carboxylic acids is 1. The first-order valence-corrected chi connectivity index (χ1v) is 9.98. The highest BCUT2D eigenvalue weighted by Crippen LogP contribution is 2.30. The van der Waals surface area contributed by atoms with Gasteiger partial charge in [-0.3, -0.25) is 15.6 Å². The van der Waals surface area contributed by atoms with Crippen LogP contribution < -0.4 is 15.6 Å². The summed E-state index contributed by atoms with van der Waals surface area (Å²) in [6.45, 7) is 0.720. The van der Waals surface area contributed by atoms with Crippen LogP contribution in [-0.2, 0) is 7.05 Å². The Labute approximate surface area is 160 Å². The summed E-state index contributed by atoms with van der Waals surface area (Å²) in [5.74, 6) is 1.48. The van der Waals surface area contributed by atoms with Gasteiger partial charge in [-0.1, -0.05) is 19.3 Å². The molecule has 146 valence electrons. The number of nitrogens with zero attached hydrogens (tertiary/aromatic N) is 2. The number of likely N-dealkylation sites (N-methyl/N-ethyl adjacent to an activating group) is 1. The second-order valence-electron chi connectivity index (χ2n) is 8.00. The monoisotopic (exact) mass is 370 g/mol. The molecular formula is C21H30N4O2. The van der Waals surface area contributed by atoms with E-state index in [-0.39, 0.29) is 5.91 Å². The Bertz CT molecular complexity index is 831. The van der Waals surface area contributed by atoms with Crippen molar-refractivity contribution in [1.29, 1.82) is 0 Å². The zero-order valence-electron chi connectivity index (χ0n) is 16.5. The molecule has 2 N–H and O–H groups in total. The van der Waals surface area contributed by atoms with Crippen LogP contribution >= 0.6 is 0 Å². The highest BCUT2D eigenvalue weighted by atomic mass is 16.5. The summed E-state index contributed by atoms with van der Waals surface area (Å²) in [5.41, 5.74) is 8.67. The van der Waals surface area contributed by atoms with Crippen LogP contribution in [0.4, 0.5) is 0 Å². The van der Waals surface area contributed by atoms with Crippen molar-refractivity contribution in [2.45, 2.75) is 44.2 Å². The molecule has 1 aromatic carbocycles. The molecule has 1 aliphatic carbocycles. The van der Waals surface area contributed by atoms with Gasteiger partial charge in [-0.05, 0) is 43.0 Å². The molecule has 3 atom stereocenters. The summed E-state index contributed by atoms with van der Waals surface area (Å²) >= 11 is 0. The average Bonchev–Trinajstić information content (AvgIpc) is 3.11. The molecule has 2 fully saturated rings. The van der Waals surface area contributed by atoms with Crippen molar-refractivity contribution in [3.8, 4) is 5.75 Å². The molecule has 0 spiro atoms. The molecule has 6 heteroatoms. The Kier molecular flexibility index (Phi) is 5.10. The molecule has 0 radical (unpaired) electrons. The maximum atomic E-state index is 13.1. The van der Waals surface area contributed by atoms with Gasteiger partial charge in [0.15, 0.2) is 0 Å². The standard InChI is InChI=1S/C21H30N4O2/c1-24(13-18-16-7-5-4-6-8-17(16)22-23-18)21(26)20-12-14-11-15(27-3)9-10-19(14)25(20)2/h9-12,16-18,22-23H,4-8,13H2,1-3H3. The van der Waals surface area contributed by atoms with Gasteiger partial charge in [0.1, 0.15) is 11.4 Å². The number of ether oxygens (including phenoxy) is 1. The van der Waals surface area contributed by atoms with Crippen molar-refractivity contribution in [2.75, 3.05) is 20.7 Å². The molecule has 1 aliphatic heterocycles. The zero-order chi connectivity index (χ0) is 19.0. The van der Waals surface area contributed by atoms with Gasteiger partial charge >= 0.3 is 0 Å². The number of methoxy groups -OCH3 is 1. The normalized spacial score (nSPS) is 25.2. The number of rotatable bonds is 4. The number of hydrogen-bond donors (Lipinski definition) is 2. The average molecular weight is 370 g/mol. The van der Waals surface area contributed by atoms with E-state index in [0.717, 1.165) is 23.2 Å². The lowest BCUT2D eigenvalue weighted by molar-refractivity contribution is 0.0765. The predicted molar refractivity (Wildman–Crippen MR) is 107 cm³/mol. The number of carbonyl (C=O) groups is 1. The van der Waals surface area contributed by atoms with Crippen molar-refractivity contribution in [3.63, 3.8) is 0 Å². The second kappa shape index (κ2) is 7.52. The van der Waals surface area contributed by atoms with Crippen LogP contribution in [0.5, 0.6) is 5.75 Å². The van der Waals surface area contributed by atoms with E-state index in [9.17, 15) is 4.79 Å². The summed E-state index contributed by atoms with van der Waals surface area (Å²) in [7, 11) is 5.52. The van der Waals surface area contributed by atoms with Crippen LogP contribution in [0.1, 0.15) is 42.6 Å². The number of amides is 1. The summed E-state index contributed by atoms with van der Waals surface area (Å²) in [5, 5.41) is 1.03. The molecule has 6 nitrogen and oxygen atoms in total. The topological polar surface area (TPSA) is 58.5 Å². The number of hydrogen-bond acceptors (Lipinski definition) is 4. The number of nitrogens with one attached hydrogen (secondary N) is 2. The molecule has 2 aromatic rings. The first kappa shape index (κ1) is 18.3. The van der Waals surface area contributed by atoms with E-state index in [0.29, 0.717) is 23.7 Å². The minimum Gasteiger partial charge on any atom is -0.497 e. The highest BCUT2D eigenvalue weighted by molar-refractivity contribution is 5.98. The SMILES string of the molecule is COc1ccc2c(c1)cc(C(=O)N(C)CC1NNC3CCCCCC31)n2C. The number of hydrazine groups is 1.